The molecule has 0 radical (unpaired) electrons. The number of H-pyrrole nitrogens is 1. The fourth-order valence-electron chi connectivity index (χ4n) is 2.35. The molecule has 0 fully saturated rings. The van der Waals surface area contributed by atoms with E-state index in [0.717, 1.165) is 28.2 Å². The lowest BCUT2D eigenvalue weighted by Crippen LogP contribution is -2.12. The maximum Gasteiger partial charge on any atom is 0.226 e. The molecule has 23 heavy (non-hydrogen) atoms. The highest BCUT2D eigenvalue weighted by molar-refractivity contribution is 7.14. The van der Waals surface area contributed by atoms with Gasteiger partial charge in [0.25, 0.3) is 0 Å². The number of carbonyl (C=O) groups excluding carboxylic acids is 1. The third-order valence-electron chi connectivity index (χ3n) is 3.61. The summed E-state index contributed by atoms with van der Waals surface area (Å²) in [6.45, 7) is 3.91. The van der Waals surface area contributed by atoms with Crippen LogP contribution in [0, 0.1) is 13.8 Å². The van der Waals surface area contributed by atoms with Crippen molar-refractivity contribution in [3.63, 3.8) is 0 Å². The van der Waals surface area contributed by atoms with E-state index < -0.39 is 0 Å². The molecule has 0 aliphatic carbocycles. The highest BCUT2D eigenvalue weighted by Gasteiger charge is 2.11. The van der Waals surface area contributed by atoms with Crippen LogP contribution in [0.4, 0.5) is 5.13 Å². The van der Waals surface area contributed by atoms with Crippen molar-refractivity contribution in [1.29, 1.82) is 0 Å². The van der Waals surface area contributed by atoms with Crippen molar-refractivity contribution in [2.45, 2.75) is 26.7 Å². The standard InChI is InChI=1S/C16H17N5OS/c1-10-13(11(2)21-20-10)3-4-15(22)19-16-18-14(9-23-16)12-5-7-17-8-6-12/h5-9H,3-4H2,1-2H3,(H,20,21)(H,18,19,22). The van der Waals surface area contributed by atoms with Crippen LogP contribution >= 0.6 is 11.3 Å². The number of pyridine rings is 1. The fraction of sp³-hybridized carbons (Fsp3) is 0.250. The third kappa shape index (κ3) is 3.62. The van der Waals surface area contributed by atoms with Gasteiger partial charge in [0.1, 0.15) is 0 Å². The Hall–Kier alpha value is -2.54. The van der Waals surface area contributed by atoms with Crippen LogP contribution in [-0.2, 0) is 11.2 Å². The SMILES string of the molecule is Cc1n[nH]c(C)c1CCC(=O)Nc1nc(-c2ccncc2)cs1. The van der Waals surface area contributed by atoms with Gasteiger partial charge in [0.2, 0.25) is 5.91 Å². The summed E-state index contributed by atoms with van der Waals surface area (Å²) in [4.78, 5) is 20.5. The predicted molar refractivity (Wildman–Crippen MR) is 90.4 cm³/mol. The molecule has 7 heteroatoms. The molecule has 3 rings (SSSR count). The quantitative estimate of drug-likeness (QED) is 0.754. The number of carbonyl (C=O) groups is 1. The largest absolute Gasteiger partial charge is 0.302 e. The summed E-state index contributed by atoms with van der Waals surface area (Å²) in [5.74, 6) is -0.0411. The second-order valence-electron chi connectivity index (χ2n) is 5.23. The highest BCUT2D eigenvalue weighted by Crippen LogP contribution is 2.24. The van der Waals surface area contributed by atoms with Gasteiger partial charge in [-0.15, -0.1) is 11.3 Å². The van der Waals surface area contributed by atoms with Crippen molar-refractivity contribution in [3.8, 4) is 11.3 Å². The Morgan fingerprint density at radius 3 is 2.78 bits per heavy atom. The minimum absolute atomic E-state index is 0.0411. The predicted octanol–water partition coefficient (Wildman–Crippen LogP) is 3.12. The minimum atomic E-state index is -0.0411. The van der Waals surface area contributed by atoms with Crippen LogP contribution in [0.5, 0.6) is 0 Å². The molecular formula is C16H17N5OS. The van der Waals surface area contributed by atoms with E-state index in [1.54, 1.807) is 12.4 Å². The minimum Gasteiger partial charge on any atom is -0.302 e. The molecule has 2 N–H and O–H groups in total. The molecule has 118 valence electrons. The molecule has 3 heterocycles. The molecule has 0 atom stereocenters. The van der Waals surface area contributed by atoms with E-state index in [9.17, 15) is 4.79 Å². The van der Waals surface area contributed by atoms with Crippen molar-refractivity contribution in [3.05, 3.63) is 46.9 Å². The van der Waals surface area contributed by atoms with Gasteiger partial charge in [-0.3, -0.25) is 14.9 Å². The first-order valence-electron chi connectivity index (χ1n) is 7.29. The number of amides is 1. The first kappa shape index (κ1) is 15.4. The molecule has 6 nitrogen and oxygen atoms in total. The maximum atomic E-state index is 12.1. The zero-order valence-electron chi connectivity index (χ0n) is 13.0. The summed E-state index contributed by atoms with van der Waals surface area (Å²) in [6.07, 6.45) is 4.53. The highest BCUT2D eigenvalue weighted by atomic mass is 32.1. The van der Waals surface area contributed by atoms with Crippen molar-refractivity contribution >= 4 is 22.4 Å². The van der Waals surface area contributed by atoms with Gasteiger partial charge in [0.05, 0.1) is 11.4 Å². The number of aromatic nitrogens is 4. The van der Waals surface area contributed by atoms with E-state index in [4.69, 9.17) is 0 Å². The van der Waals surface area contributed by atoms with Crippen molar-refractivity contribution < 1.29 is 4.79 Å². The Kier molecular flexibility index (Phi) is 4.47. The smallest absolute Gasteiger partial charge is 0.226 e. The van der Waals surface area contributed by atoms with Crippen LogP contribution in [0.3, 0.4) is 0 Å². The summed E-state index contributed by atoms with van der Waals surface area (Å²) < 4.78 is 0. The molecule has 0 saturated heterocycles. The van der Waals surface area contributed by atoms with Crippen molar-refractivity contribution in [2.24, 2.45) is 0 Å². The van der Waals surface area contributed by atoms with Gasteiger partial charge in [-0.25, -0.2) is 4.98 Å². The molecule has 0 aromatic carbocycles. The number of nitrogens with one attached hydrogen (secondary N) is 2. The number of thiazole rings is 1. The van der Waals surface area contributed by atoms with E-state index in [2.05, 4.69) is 25.5 Å². The molecule has 0 aliphatic rings. The van der Waals surface area contributed by atoms with E-state index in [1.165, 1.54) is 11.3 Å². The summed E-state index contributed by atoms with van der Waals surface area (Å²) in [6, 6.07) is 3.79. The molecular weight excluding hydrogens is 310 g/mol. The summed E-state index contributed by atoms with van der Waals surface area (Å²) in [7, 11) is 0. The zero-order chi connectivity index (χ0) is 16.2. The molecule has 0 bridgehead atoms. The number of nitrogens with zero attached hydrogens (tertiary/aromatic N) is 3. The van der Waals surface area contributed by atoms with Gasteiger partial charge in [0.15, 0.2) is 5.13 Å². The van der Waals surface area contributed by atoms with E-state index in [0.29, 0.717) is 18.0 Å². The number of anilines is 1. The van der Waals surface area contributed by atoms with E-state index in [1.807, 2.05) is 31.4 Å². The van der Waals surface area contributed by atoms with Crippen LogP contribution in [-0.4, -0.2) is 26.1 Å². The van der Waals surface area contributed by atoms with Crippen LogP contribution in [0.1, 0.15) is 23.4 Å². The van der Waals surface area contributed by atoms with Crippen LogP contribution in [0.25, 0.3) is 11.3 Å². The first-order chi connectivity index (χ1) is 11.1. The number of hydrogen-bond donors (Lipinski definition) is 2. The molecule has 0 aliphatic heterocycles. The maximum absolute atomic E-state index is 12.1. The Labute approximate surface area is 138 Å². The number of rotatable bonds is 5. The zero-order valence-corrected chi connectivity index (χ0v) is 13.8. The van der Waals surface area contributed by atoms with Crippen molar-refractivity contribution in [2.75, 3.05) is 5.32 Å². The topological polar surface area (TPSA) is 83.6 Å². The summed E-state index contributed by atoms with van der Waals surface area (Å²) in [5.41, 5.74) is 4.90. The van der Waals surface area contributed by atoms with Crippen LogP contribution in [0.2, 0.25) is 0 Å². The molecule has 3 aromatic heterocycles. The summed E-state index contributed by atoms with van der Waals surface area (Å²) in [5, 5.41) is 12.5. The van der Waals surface area contributed by atoms with Gasteiger partial charge in [-0.05, 0) is 38.0 Å². The number of aryl methyl sites for hydroxylation is 2. The van der Waals surface area contributed by atoms with Gasteiger partial charge in [-0.1, -0.05) is 0 Å². The lowest BCUT2D eigenvalue weighted by Gasteiger charge is -2.02. The number of aromatic amines is 1. The van der Waals surface area contributed by atoms with E-state index >= 15 is 0 Å². The molecule has 0 unspecified atom stereocenters. The Morgan fingerprint density at radius 2 is 2.09 bits per heavy atom. The molecule has 0 saturated carbocycles. The van der Waals surface area contributed by atoms with Gasteiger partial charge < -0.3 is 5.32 Å². The lowest BCUT2D eigenvalue weighted by molar-refractivity contribution is -0.116. The average Bonchev–Trinajstić information content (AvgIpc) is 3.14. The van der Waals surface area contributed by atoms with Gasteiger partial charge in [-0.2, -0.15) is 5.10 Å². The van der Waals surface area contributed by atoms with Crippen LogP contribution < -0.4 is 5.32 Å². The van der Waals surface area contributed by atoms with Crippen LogP contribution in [0.15, 0.2) is 29.9 Å². The van der Waals surface area contributed by atoms with Crippen molar-refractivity contribution in [1.82, 2.24) is 20.2 Å². The monoisotopic (exact) mass is 327 g/mol. The average molecular weight is 327 g/mol. The first-order valence-corrected chi connectivity index (χ1v) is 8.17. The summed E-state index contributed by atoms with van der Waals surface area (Å²) >= 11 is 1.42. The normalized spacial score (nSPS) is 10.7. The second-order valence-corrected chi connectivity index (χ2v) is 6.09. The molecule has 0 spiro atoms. The third-order valence-corrected chi connectivity index (χ3v) is 4.37. The Bertz CT molecular complexity index is 790. The molecule has 1 amide bonds. The van der Waals surface area contributed by atoms with Gasteiger partial charge in [0, 0.05) is 35.5 Å². The number of hydrogen-bond acceptors (Lipinski definition) is 5. The fourth-order valence-corrected chi connectivity index (χ4v) is 3.08. The van der Waals surface area contributed by atoms with E-state index in [-0.39, 0.29) is 5.91 Å². The van der Waals surface area contributed by atoms with Gasteiger partial charge >= 0.3 is 0 Å². The Morgan fingerprint density at radius 1 is 1.30 bits per heavy atom. The lowest BCUT2D eigenvalue weighted by atomic mass is 10.1. The second kappa shape index (κ2) is 6.70. The Balaban J connectivity index is 1.59. The molecule has 3 aromatic rings.